The highest BCUT2D eigenvalue weighted by atomic mass is 16.5. The van der Waals surface area contributed by atoms with Crippen molar-refractivity contribution >= 4 is 11.9 Å². The SMILES string of the molecule is CCCOc1nc(N)nc(NCCCCOC(C)C)n1. The average molecular weight is 283 g/mol. The summed E-state index contributed by atoms with van der Waals surface area (Å²) in [5, 5.41) is 3.11. The molecule has 0 unspecified atom stereocenters. The van der Waals surface area contributed by atoms with Gasteiger partial charge in [-0.1, -0.05) is 6.92 Å². The normalized spacial score (nSPS) is 10.8. The number of hydrogen-bond acceptors (Lipinski definition) is 7. The molecule has 0 fully saturated rings. The molecule has 7 heteroatoms. The summed E-state index contributed by atoms with van der Waals surface area (Å²) < 4.78 is 10.8. The molecular formula is C13H25N5O2. The lowest BCUT2D eigenvalue weighted by atomic mass is 10.3. The van der Waals surface area contributed by atoms with E-state index in [1.165, 1.54) is 0 Å². The number of rotatable bonds is 10. The standard InChI is InChI=1S/C13H25N5O2/c1-4-8-20-13-17-11(14)16-12(18-13)15-7-5-6-9-19-10(2)3/h10H,4-9H2,1-3H3,(H3,14,15,16,17,18). The zero-order chi connectivity index (χ0) is 14.8. The maximum absolute atomic E-state index is 5.61. The predicted molar refractivity (Wildman–Crippen MR) is 78.8 cm³/mol. The number of nitrogens with zero attached hydrogens (tertiary/aromatic N) is 3. The van der Waals surface area contributed by atoms with Crippen molar-refractivity contribution < 1.29 is 9.47 Å². The van der Waals surface area contributed by atoms with E-state index in [1.54, 1.807) is 0 Å². The topological polar surface area (TPSA) is 95.2 Å². The molecule has 0 aliphatic rings. The Morgan fingerprint density at radius 3 is 2.65 bits per heavy atom. The third-order valence-corrected chi connectivity index (χ3v) is 2.37. The van der Waals surface area contributed by atoms with Gasteiger partial charge in [-0.3, -0.25) is 0 Å². The fourth-order valence-corrected chi connectivity index (χ4v) is 1.46. The largest absolute Gasteiger partial charge is 0.463 e. The van der Waals surface area contributed by atoms with Gasteiger partial charge in [0.15, 0.2) is 0 Å². The summed E-state index contributed by atoms with van der Waals surface area (Å²) in [4.78, 5) is 12.1. The van der Waals surface area contributed by atoms with Crippen LogP contribution in [0.25, 0.3) is 0 Å². The van der Waals surface area contributed by atoms with E-state index in [0.29, 0.717) is 12.6 Å². The van der Waals surface area contributed by atoms with Crippen LogP contribution in [-0.2, 0) is 4.74 Å². The van der Waals surface area contributed by atoms with Crippen LogP contribution in [0.5, 0.6) is 6.01 Å². The maximum Gasteiger partial charge on any atom is 0.323 e. The van der Waals surface area contributed by atoms with Crippen molar-refractivity contribution in [1.29, 1.82) is 0 Å². The number of nitrogen functional groups attached to an aromatic ring is 1. The molecule has 0 saturated carbocycles. The Morgan fingerprint density at radius 2 is 1.95 bits per heavy atom. The van der Waals surface area contributed by atoms with Crippen molar-refractivity contribution in [1.82, 2.24) is 15.0 Å². The number of aromatic nitrogens is 3. The van der Waals surface area contributed by atoms with Gasteiger partial charge in [0.2, 0.25) is 11.9 Å². The molecule has 0 aliphatic heterocycles. The molecule has 7 nitrogen and oxygen atoms in total. The van der Waals surface area contributed by atoms with Crippen molar-refractivity contribution in [2.45, 2.75) is 46.1 Å². The Bertz CT molecular complexity index is 387. The Balaban J connectivity index is 2.30. The van der Waals surface area contributed by atoms with Crippen molar-refractivity contribution in [2.24, 2.45) is 0 Å². The molecule has 3 N–H and O–H groups in total. The van der Waals surface area contributed by atoms with Gasteiger partial charge in [-0.25, -0.2) is 0 Å². The van der Waals surface area contributed by atoms with Gasteiger partial charge in [0, 0.05) is 13.2 Å². The molecule has 114 valence electrons. The van der Waals surface area contributed by atoms with Gasteiger partial charge in [0.05, 0.1) is 12.7 Å². The summed E-state index contributed by atoms with van der Waals surface area (Å²) >= 11 is 0. The first kappa shape index (κ1) is 16.4. The lowest BCUT2D eigenvalue weighted by Gasteiger charge is -2.09. The highest BCUT2D eigenvalue weighted by molar-refractivity contribution is 5.32. The minimum atomic E-state index is 0.164. The van der Waals surface area contributed by atoms with E-state index < -0.39 is 0 Å². The summed E-state index contributed by atoms with van der Waals surface area (Å²) in [6, 6.07) is 0.269. The van der Waals surface area contributed by atoms with Crippen molar-refractivity contribution in [3.63, 3.8) is 0 Å². The Labute approximate surface area is 120 Å². The first-order valence-corrected chi connectivity index (χ1v) is 7.11. The van der Waals surface area contributed by atoms with Crippen LogP contribution in [0.3, 0.4) is 0 Å². The van der Waals surface area contributed by atoms with Crippen LogP contribution in [0.2, 0.25) is 0 Å². The molecular weight excluding hydrogens is 258 g/mol. The number of nitrogens with two attached hydrogens (primary N) is 1. The molecule has 1 rings (SSSR count). The van der Waals surface area contributed by atoms with Crippen molar-refractivity contribution in [3.05, 3.63) is 0 Å². The van der Waals surface area contributed by atoms with Gasteiger partial charge in [0.1, 0.15) is 0 Å². The third kappa shape index (κ3) is 7.08. The molecule has 0 aromatic carbocycles. The zero-order valence-electron chi connectivity index (χ0n) is 12.6. The maximum atomic E-state index is 5.61. The fraction of sp³-hybridized carbons (Fsp3) is 0.769. The Kier molecular flexibility index (Phi) is 7.64. The van der Waals surface area contributed by atoms with Gasteiger partial charge in [0.25, 0.3) is 0 Å². The number of hydrogen-bond donors (Lipinski definition) is 2. The quantitative estimate of drug-likeness (QED) is 0.633. The van der Waals surface area contributed by atoms with Gasteiger partial charge in [-0.2, -0.15) is 15.0 Å². The third-order valence-electron chi connectivity index (χ3n) is 2.37. The zero-order valence-corrected chi connectivity index (χ0v) is 12.6. The number of nitrogens with one attached hydrogen (secondary N) is 1. The summed E-state index contributed by atoms with van der Waals surface area (Å²) in [7, 11) is 0. The Hall–Kier alpha value is -1.63. The Morgan fingerprint density at radius 1 is 1.15 bits per heavy atom. The summed E-state index contributed by atoms with van der Waals surface area (Å²) in [5.74, 6) is 0.616. The monoisotopic (exact) mass is 283 g/mol. The molecule has 1 heterocycles. The van der Waals surface area contributed by atoms with Crippen LogP contribution in [0.4, 0.5) is 11.9 Å². The summed E-state index contributed by atoms with van der Waals surface area (Å²) in [6.07, 6.45) is 3.14. The van der Waals surface area contributed by atoms with Crippen molar-refractivity contribution in [2.75, 3.05) is 30.8 Å². The smallest absolute Gasteiger partial charge is 0.323 e. The van der Waals surface area contributed by atoms with Crippen LogP contribution >= 0.6 is 0 Å². The molecule has 20 heavy (non-hydrogen) atoms. The first-order valence-electron chi connectivity index (χ1n) is 7.11. The number of anilines is 2. The highest BCUT2D eigenvalue weighted by Crippen LogP contribution is 2.09. The minimum absolute atomic E-state index is 0.164. The second kappa shape index (κ2) is 9.30. The molecule has 0 bridgehead atoms. The van der Waals surface area contributed by atoms with Crippen LogP contribution in [-0.4, -0.2) is 40.8 Å². The number of ether oxygens (including phenoxy) is 2. The molecule has 0 aliphatic carbocycles. The van der Waals surface area contributed by atoms with E-state index in [9.17, 15) is 0 Å². The van der Waals surface area contributed by atoms with E-state index in [-0.39, 0.29) is 18.1 Å². The van der Waals surface area contributed by atoms with Crippen molar-refractivity contribution in [3.8, 4) is 6.01 Å². The number of unbranched alkanes of at least 4 members (excludes halogenated alkanes) is 1. The van der Waals surface area contributed by atoms with Crippen LogP contribution < -0.4 is 15.8 Å². The molecule has 0 atom stereocenters. The van der Waals surface area contributed by atoms with Crippen LogP contribution in [0.15, 0.2) is 0 Å². The second-order valence-corrected chi connectivity index (χ2v) is 4.70. The molecule has 1 aromatic heterocycles. The molecule has 0 radical (unpaired) electrons. The van der Waals surface area contributed by atoms with E-state index in [0.717, 1.165) is 32.4 Å². The summed E-state index contributed by atoms with van der Waals surface area (Å²) in [5.41, 5.74) is 5.61. The predicted octanol–water partition coefficient (Wildman–Crippen LogP) is 1.86. The lowest BCUT2D eigenvalue weighted by molar-refractivity contribution is 0.0765. The molecule has 1 aromatic rings. The van der Waals surface area contributed by atoms with Gasteiger partial charge < -0.3 is 20.5 Å². The fourth-order valence-electron chi connectivity index (χ4n) is 1.46. The minimum Gasteiger partial charge on any atom is -0.463 e. The van der Waals surface area contributed by atoms with Gasteiger partial charge in [-0.05, 0) is 33.1 Å². The van der Waals surface area contributed by atoms with E-state index in [4.69, 9.17) is 15.2 Å². The molecule has 0 amide bonds. The summed E-state index contributed by atoms with van der Waals surface area (Å²) in [6.45, 7) is 8.17. The van der Waals surface area contributed by atoms with E-state index >= 15 is 0 Å². The average Bonchev–Trinajstić information content (AvgIpc) is 2.39. The van der Waals surface area contributed by atoms with Gasteiger partial charge >= 0.3 is 6.01 Å². The van der Waals surface area contributed by atoms with Crippen LogP contribution in [0, 0.1) is 0 Å². The van der Waals surface area contributed by atoms with E-state index in [1.807, 2.05) is 20.8 Å². The first-order chi connectivity index (χ1) is 9.61. The van der Waals surface area contributed by atoms with Gasteiger partial charge in [-0.15, -0.1) is 0 Å². The van der Waals surface area contributed by atoms with Crippen LogP contribution in [0.1, 0.15) is 40.0 Å². The molecule has 0 saturated heterocycles. The van der Waals surface area contributed by atoms with E-state index in [2.05, 4.69) is 20.3 Å². The highest BCUT2D eigenvalue weighted by Gasteiger charge is 2.04. The lowest BCUT2D eigenvalue weighted by Crippen LogP contribution is -2.11. The second-order valence-electron chi connectivity index (χ2n) is 4.70. The molecule has 0 spiro atoms.